The van der Waals surface area contributed by atoms with E-state index in [2.05, 4.69) is 4.72 Å². The van der Waals surface area contributed by atoms with Crippen LogP contribution in [0.1, 0.15) is 36.5 Å². The molecule has 0 saturated carbocycles. The Kier molecular flexibility index (Phi) is 6.29. The zero-order valence-corrected chi connectivity index (χ0v) is 15.8. The molecule has 0 spiro atoms. The summed E-state index contributed by atoms with van der Waals surface area (Å²) in [7, 11) is -3.60. The van der Waals surface area contributed by atoms with Crippen molar-refractivity contribution in [3.05, 3.63) is 29.8 Å². The van der Waals surface area contributed by atoms with Gasteiger partial charge in [-0.15, -0.1) is 0 Å². The topological polar surface area (TPSA) is 84.9 Å². The van der Waals surface area contributed by atoms with Crippen LogP contribution < -0.4 is 4.72 Å². The van der Waals surface area contributed by atoms with Gasteiger partial charge < -0.3 is 14.4 Å². The maximum absolute atomic E-state index is 12.6. The summed E-state index contributed by atoms with van der Waals surface area (Å²) < 4.78 is 38.3. The van der Waals surface area contributed by atoms with Gasteiger partial charge in [-0.1, -0.05) is 6.92 Å². The van der Waals surface area contributed by atoms with Crippen LogP contribution >= 0.6 is 0 Å². The number of nitrogens with zero attached hydrogens (tertiary/aromatic N) is 1. The predicted octanol–water partition coefficient (Wildman–Crippen LogP) is 1.39. The third-order valence-electron chi connectivity index (χ3n) is 4.82. The molecule has 2 aliphatic rings. The second kappa shape index (κ2) is 8.47. The van der Waals surface area contributed by atoms with E-state index in [0.717, 1.165) is 19.3 Å². The maximum Gasteiger partial charge on any atom is 0.254 e. The number of amides is 1. The molecule has 1 N–H and O–H groups in total. The molecule has 2 fully saturated rings. The molecule has 2 aliphatic heterocycles. The van der Waals surface area contributed by atoms with Crippen molar-refractivity contribution in [3.63, 3.8) is 0 Å². The van der Waals surface area contributed by atoms with Gasteiger partial charge in [-0.25, -0.2) is 13.1 Å². The Hall–Kier alpha value is -1.48. The van der Waals surface area contributed by atoms with E-state index in [1.54, 1.807) is 17.0 Å². The van der Waals surface area contributed by atoms with Crippen LogP contribution in [-0.2, 0) is 19.5 Å². The van der Waals surface area contributed by atoms with E-state index in [0.29, 0.717) is 31.9 Å². The molecular formula is C18H26N2O5S. The summed E-state index contributed by atoms with van der Waals surface area (Å²) in [5, 5.41) is 0. The van der Waals surface area contributed by atoms with Crippen molar-refractivity contribution in [2.45, 2.75) is 43.3 Å². The van der Waals surface area contributed by atoms with Crippen LogP contribution in [0.15, 0.2) is 29.2 Å². The van der Waals surface area contributed by atoms with Crippen LogP contribution in [0.5, 0.6) is 0 Å². The Morgan fingerprint density at radius 3 is 2.58 bits per heavy atom. The van der Waals surface area contributed by atoms with Crippen molar-refractivity contribution >= 4 is 15.9 Å². The molecule has 2 atom stereocenters. The van der Waals surface area contributed by atoms with Crippen molar-refractivity contribution in [3.8, 4) is 0 Å². The normalized spacial score (nSPS) is 24.0. The van der Waals surface area contributed by atoms with Crippen molar-refractivity contribution in [2.75, 3.05) is 32.8 Å². The fourth-order valence-corrected chi connectivity index (χ4v) is 4.27. The standard InChI is InChI=1S/C18H26N2O5S/c1-2-15-13-20(9-11-25-15)18(21)14-5-7-17(8-6-14)26(22,23)19-12-16-4-3-10-24-16/h5-8,15-16,19H,2-4,9-13H2,1H3. The minimum atomic E-state index is -3.60. The quantitative estimate of drug-likeness (QED) is 0.804. The first-order valence-corrected chi connectivity index (χ1v) is 10.6. The highest BCUT2D eigenvalue weighted by Crippen LogP contribution is 2.16. The summed E-state index contributed by atoms with van der Waals surface area (Å²) in [6, 6.07) is 6.09. The number of hydrogen-bond acceptors (Lipinski definition) is 5. The lowest BCUT2D eigenvalue weighted by molar-refractivity contribution is -0.0226. The van der Waals surface area contributed by atoms with Crippen molar-refractivity contribution in [1.82, 2.24) is 9.62 Å². The minimum absolute atomic E-state index is 0.0570. The van der Waals surface area contributed by atoms with Gasteiger partial charge in [0.2, 0.25) is 10.0 Å². The molecule has 0 bridgehead atoms. The number of hydrogen-bond donors (Lipinski definition) is 1. The molecule has 7 nitrogen and oxygen atoms in total. The summed E-state index contributed by atoms with van der Waals surface area (Å²) >= 11 is 0. The van der Waals surface area contributed by atoms with Crippen molar-refractivity contribution in [1.29, 1.82) is 0 Å². The molecule has 3 rings (SSSR count). The zero-order valence-electron chi connectivity index (χ0n) is 15.0. The number of sulfonamides is 1. The van der Waals surface area contributed by atoms with E-state index in [9.17, 15) is 13.2 Å². The van der Waals surface area contributed by atoms with E-state index in [1.807, 2.05) is 6.92 Å². The molecule has 0 radical (unpaired) electrons. The highest BCUT2D eigenvalue weighted by Gasteiger charge is 2.25. The average Bonchev–Trinajstić information content (AvgIpc) is 3.20. The van der Waals surface area contributed by atoms with E-state index < -0.39 is 10.0 Å². The molecule has 1 amide bonds. The highest BCUT2D eigenvalue weighted by molar-refractivity contribution is 7.89. The van der Waals surface area contributed by atoms with E-state index in [1.165, 1.54) is 12.1 Å². The third kappa shape index (κ3) is 4.62. The first kappa shape index (κ1) is 19.3. The molecule has 8 heteroatoms. The fourth-order valence-electron chi connectivity index (χ4n) is 3.20. The predicted molar refractivity (Wildman–Crippen MR) is 96.5 cm³/mol. The zero-order chi connectivity index (χ0) is 18.6. The van der Waals surface area contributed by atoms with Gasteiger partial charge in [0.05, 0.1) is 23.7 Å². The summed E-state index contributed by atoms with van der Waals surface area (Å²) in [5.41, 5.74) is 0.486. The summed E-state index contributed by atoms with van der Waals surface area (Å²) in [4.78, 5) is 14.5. The molecule has 2 unspecified atom stereocenters. The second-order valence-electron chi connectivity index (χ2n) is 6.66. The molecule has 2 heterocycles. The number of morpholine rings is 1. The lowest BCUT2D eigenvalue weighted by atomic mass is 10.1. The van der Waals surface area contributed by atoms with E-state index in [4.69, 9.17) is 9.47 Å². The molecule has 144 valence electrons. The van der Waals surface area contributed by atoms with Gasteiger partial charge in [0.15, 0.2) is 0 Å². The van der Waals surface area contributed by atoms with Gasteiger partial charge >= 0.3 is 0 Å². The summed E-state index contributed by atoms with van der Waals surface area (Å²) in [6.45, 7) is 4.64. The average molecular weight is 382 g/mol. The van der Waals surface area contributed by atoms with Gasteiger partial charge in [0.25, 0.3) is 5.91 Å². The second-order valence-corrected chi connectivity index (χ2v) is 8.43. The minimum Gasteiger partial charge on any atom is -0.377 e. The number of rotatable bonds is 6. The molecule has 0 aromatic heterocycles. The van der Waals surface area contributed by atoms with Crippen LogP contribution in [0.25, 0.3) is 0 Å². The van der Waals surface area contributed by atoms with Crippen LogP contribution in [0.4, 0.5) is 0 Å². The number of benzene rings is 1. The van der Waals surface area contributed by atoms with Crippen molar-refractivity contribution < 1.29 is 22.7 Å². The number of carbonyl (C=O) groups excluding carboxylic acids is 1. The summed E-state index contributed by atoms with van der Waals surface area (Å²) in [6.07, 6.45) is 2.70. The Labute approximate surface area is 154 Å². The Morgan fingerprint density at radius 1 is 1.19 bits per heavy atom. The van der Waals surface area contributed by atoms with E-state index >= 15 is 0 Å². The number of nitrogens with one attached hydrogen (secondary N) is 1. The maximum atomic E-state index is 12.6. The first-order valence-electron chi connectivity index (χ1n) is 9.12. The Bertz CT molecular complexity index is 714. The molecule has 26 heavy (non-hydrogen) atoms. The lowest BCUT2D eigenvalue weighted by Crippen LogP contribution is -2.45. The number of ether oxygens (including phenoxy) is 2. The van der Waals surface area contributed by atoms with Crippen LogP contribution in [0.2, 0.25) is 0 Å². The first-order chi connectivity index (χ1) is 12.5. The van der Waals surface area contributed by atoms with Gasteiger partial charge in [-0.05, 0) is 43.5 Å². The monoisotopic (exact) mass is 382 g/mol. The SMILES string of the molecule is CCC1CN(C(=O)c2ccc(S(=O)(=O)NCC3CCCO3)cc2)CCO1. The largest absolute Gasteiger partial charge is 0.377 e. The number of carbonyl (C=O) groups is 1. The fraction of sp³-hybridized carbons (Fsp3) is 0.611. The van der Waals surface area contributed by atoms with Gasteiger partial charge in [-0.2, -0.15) is 0 Å². The highest BCUT2D eigenvalue weighted by atomic mass is 32.2. The van der Waals surface area contributed by atoms with E-state index in [-0.39, 0.29) is 29.6 Å². The van der Waals surface area contributed by atoms with Gasteiger partial charge in [0.1, 0.15) is 0 Å². The lowest BCUT2D eigenvalue weighted by Gasteiger charge is -2.32. The molecule has 1 aromatic rings. The van der Waals surface area contributed by atoms with Crippen LogP contribution in [0, 0.1) is 0 Å². The Balaban J connectivity index is 1.62. The Morgan fingerprint density at radius 2 is 1.92 bits per heavy atom. The molecule has 0 aliphatic carbocycles. The van der Waals surface area contributed by atoms with Gasteiger partial charge in [0, 0.05) is 31.8 Å². The molecule has 1 aromatic carbocycles. The van der Waals surface area contributed by atoms with Crippen LogP contribution in [-0.4, -0.2) is 64.3 Å². The smallest absolute Gasteiger partial charge is 0.254 e. The van der Waals surface area contributed by atoms with Crippen molar-refractivity contribution in [2.24, 2.45) is 0 Å². The molecule has 2 saturated heterocycles. The van der Waals surface area contributed by atoms with Crippen LogP contribution in [0.3, 0.4) is 0 Å². The van der Waals surface area contributed by atoms with Gasteiger partial charge in [-0.3, -0.25) is 4.79 Å². The molecular weight excluding hydrogens is 356 g/mol. The third-order valence-corrected chi connectivity index (χ3v) is 6.26. The summed E-state index contributed by atoms with van der Waals surface area (Å²) in [5.74, 6) is -0.0944.